The highest BCUT2D eigenvalue weighted by Crippen LogP contribution is 2.27. The normalized spacial score (nSPS) is 11.9. The minimum atomic E-state index is -0.268. The first-order valence-corrected chi connectivity index (χ1v) is 12.0. The topological polar surface area (TPSA) is 69.0 Å². The molecule has 0 bridgehead atoms. The average molecular weight is 554 g/mol. The van der Waals surface area contributed by atoms with E-state index in [1.54, 1.807) is 0 Å². The van der Waals surface area contributed by atoms with Crippen molar-refractivity contribution in [2.24, 2.45) is 7.05 Å². The number of anilines is 1. The molecule has 1 aromatic heterocycles. The fourth-order valence-corrected chi connectivity index (χ4v) is 4.20. The number of thioether (sulfide) groups is 1. The fourth-order valence-electron chi connectivity index (χ4n) is 2.78. The van der Waals surface area contributed by atoms with Gasteiger partial charge in [0.1, 0.15) is 5.75 Å². The predicted octanol–water partition coefficient (Wildman–Crippen LogP) is 5.77. The van der Waals surface area contributed by atoms with E-state index in [0.29, 0.717) is 16.7 Å². The molecule has 0 aliphatic rings. The minimum absolute atomic E-state index is 0.122. The van der Waals surface area contributed by atoms with Crippen molar-refractivity contribution in [3.63, 3.8) is 0 Å². The van der Waals surface area contributed by atoms with E-state index >= 15 is 0 Å². The zero-order chi connectivity index (χ0) is 21.7. The lowest BCUT2D eigenvalue weighted by Gasteiger charge is -2.14. The van der Waals surface area contributed by atoms with Gasteiger partial charge in [-0.05, 0) is 65.2 Å². The molecule has 3 rings (SSSR count). The van der Waals surface area contributed by atoms with Crippen molar-refractivity contribution in [3.8, 4) is 5.75 Å². The van der Waals surface area contributed by atoms with Gasteiger partial charge in [0.15, 0.2) is 17.1 Å². The number of carbonyl (C=O) groups is 1. The summed E-state index contributed by atoms with van der Waals surface area (Å²) in [5, 5.41) is 12.0. The van der Waals surface area contributed by atoms with E-state index < -0.39 is 0 Å². The number of rotatable bonds is 8. The van der Waals surface area contributed by atoms with Crippen LogP contribution in [0.1, 0.15) is 31.3 Å². The van der Waals surface area contributed by atoms with Crippen molar-refractivity contribution < 1.29 is 9.53 Å². The molecular weight excluding hydrogens is 532 g/mol. The van der Waals surface area contributed by atoms with Crippen LogP contribution in [0.3, 0.4) is 0 Å². The number of benzene rings is 2. The summed E-state index contributed by atoms with van der Waals surface area (Å²) in [7, 11) is 1.88. The number of halogens is 2. The highest BCUT2D eigenvalue weighted by Gasteiger charge is 2.18. The Balaban J connectivity index is 1.59. The molecule has 6 nitrogen and oxygen atoms in total. The third kappa shape index (κ3) is 5.86. The van der Waals surface area contributed by atoms with Gasteiger partial charge in [-0.1, -0.05) is 46.7 Å². The van der Waals surface area contributed by atoms with Gasteiger partial charge in [-0.15, -0.1) is 10.2 Å². The zero-order valence-electron chi connectivity index (χ0n) is 16.9. The molecule has 30 heavy (non-hydrogen) atoms. The summed E-state index contributed by atoms with van der Waals surface area (Å²) in [6.45, 7) is 4.05. The summed E-state index contributed by atoms with van der Waals surface area (Å²) in [4.78, 5) is 12.3. The van der Waals surface area contributed by atoms with Gasteiger partial charge in [0, 0.05) is 16.0 Å². The molecule has 0 saturated heterocycles. The second-order valence-corrected chi connectivity index (χ2v) is 9.33. The molecule has 0 aliphatic heterocycles. The van der Waals surface area contributed by atoms with Crippen LogP contribution in [0.25, 0.3) is 0 Å². The van der Waals surface area contributed by atoms with Gasteiger partial charge in [0.25, 0.3) is 0 Å². The Morgan fingerprint density at radius 1 is 1.20 bits per heavy atom. The number of nitrogens with zero attached hydrogens (tertiary/aromatic N) is 3. The van der Waals surface area contributed by atoms with Crippen LogP contribution in [0.4, 0.5) is 5.69 Å². The first kappa shape index (κ1) is 22.8. The summed E-state index contributed by atoms with van der Waals surface area (Å²) in [5.41, 5.74) is 1.98. The molecule has 158 valence electrons. The fraction of sp³-hybridized carbons (Fsp3) is 0.286. The van der Waals surface area contributed by atoms with E-state index in [1.807, 2.05) is 48.9 Å². The average Bonchev–Trinajstić information content (AvgIpc) is 3.10. The van der Waals surface area contributed by atoms with Gasteiger partial charge in [-0.3, -0.25) is 4.79 Å². The van der Waals surface area contributed by atoms with Crippen LogP contribution >= 0.6 is 43.6 Å². The van der Waals surface area contributed by atoms with Gasteiger partial charge in [0.2, 0.25) is 5.91 Å². The first-order valence-electron chi connectivity index (χ1n) is 9.40. The molecule has 9 heteroatoms. The Kier molecular flexibility index (Phi) is 7.96. The van der Waals surface area contributed by atoms with Crippen LogP contribution in [-0.4, -0.2) is 26.4 Å². The molecule has 0 unspecified atom stereocenters. The van der Waals surface area contributed by atoms with Crippen molar-refractivity contribution in [1.82, 2.24) is 14.8 Å². The number of nitrogens with one attached hydrogen (secondary N) is 1. The highest BCUT2D eigenvalue weighted by molar-refractivity contribution is 9.11. The zero-order valence-corrected chi connectivity index (χ0v) is 20.8. The lowest BCUT2D eigenvalue weighted by molar-refractivity contribution is -0.113. The Labute approximate surface area is 197 Å². The van der Waals surface area contributed by atoms with E-state index in [2.05, 4.69) is 66.4 Å². The number of aromatic nitrogens is 3. The van der Waals surface area contributed by atoms with Crippen LogP contribution in [0.15, 0.2) is 56.6 Å². The maximum Gasteiger partial charge on any atom is 0.234 e. The van der Waals surface area contributed by atoms with Gasteiger partial charge in [-0.25, -0.2) is 0 Å². The Morgan fingerprint density at radius 3 is 2.63 bits per heavy atom. The van der Waals surface area contributed by atoms with E-state index in [9.17, 15) is 4.79 Å². The molecule has 0 aliphatic carbocycles. The molecule has 2 aromatic carbocycles. The monoisotopic (exact) mass is 552 g/mol. The number of aryl methyl sites for hydroxylation is 1. The second-order valence-electron chi connectivity index (χ2n) is 6.62. The molecule has 0 spiro atoms. The van der Waals surface area contributed by atoms with E-state index in [-0.39, 0.29) is 17.8 Å². The predicted molar refractivity (Wildman–Crippen MR) is 127 cm³/mol. The third-order valence-corrected chi connectivity index (χ3v) is 6.62. The van der Waals surface area contributed by atoms with Gasteiger partial charge in [-0.2, -0.15) is 0 Å². The second kappa shape index (κ2) is 10.5. The minimum Gasteiger partial charge on any atom is -0.483 e. The highest BCUT2D eigenvalue weighted by atomic mass is 79.9. The van der Waals surface area contributed by atoms with Crippen LogP contribution < -0.4 is 10.1 Å². The number of amides is 1. The Bertz CT molecular complexity index is 1020. The summed E-state index contributed by atoms with van der Waals surface area (Å²) >= 11 is 8.17. The standard InChI is InChI=1S/C21H22Br2N4O2S/c1-4-14-5-8-16(9-6-14)29-13(2)20-25-26-21(27(20)3)30-12-19(28)24-18-11-15(22)7-10-17(18)23/h5-11,13H,4,12H2,1-3H3,(H,24,28)/t13-/m1/s1. The quantitative estimate of drug-likeness (QED) is 0.358. The number of ether oxygens (including phenoxy) is 1. The Hall–Kier alpha value is -1.84. The molecule has 1 amide bonds. The molecule has 3 aromatic rings. The summed E-state index contributed by atoms with van der Waals surface area (Å²) in [5.74, 6) is 1.59. The maximum atomic E-state index is 12.3. The van der Waals surface area contributed by atoms with Gasteiger partial charge < -0.3 is 14.6 Å². The largest absolute Gasteiger partial charge is 0.483 e. The van der Waals surface area contributed by atoms with Crippen LogP contribution in [0.2, 0.25) is 0 Å². The molecule has 1 heterocycles. The van der Waals surface area contributed by atoms with Crippen LogP contribution in [0.5, 0.6) is 5.75 Å². The molecule has 0 saturated carbocycles. The lowest BCUT2D eigenvalue weighted by atomic mass is 10.2. The number of hydrogen-bond acceptors (Lipinski definition) is 5. The molecule has 0 fully saturated rings. The van der Waals surface area contributed by atoms with Crippen molar-refractivity contribution in [2.45, 2.75) is 31.5 Å². The lowest BCUT2D eigenvalue weighted by Crippen LogP contribution is -2.15. The summed E-state index contributed by atoms with van der Waals surface area (Å²) < 4.78 is 9.58. The van der Waals surface area contributed by atoms with Crippen molar-refractivity contribution in [2.75, 3.05) is 11.1 Å². The van der Waals surface area contributed by atoms with Crippen LogP contribution in [0, 0.1) is 0 Å². The number of carbonyl (C=O) groups excluding carboxylic acids is 1. The van der Waals surface area contributed by atoms with Crippen molar-refractivity contribution in [1.29, 1.82) is 0 Å². The maximum absolute atomic E-state index is 12.3. The van der Waals surface area contributed by atoms with E-state index in [0.717, 1.165) is 21.1 Å². The van der Waals surface area contributed by atoms with Crippen LogP contribution in [-0.2, 0) is 18.3 Å². The van der Waals surface area contributed by atoms with Crippen molar-refractivity contribution in [3.05, 3.63) is 62.8 Å². The summed E-state index contributed by atoms with van der Waals surface area (Å²) in [6, 6.07) is 13.7. The summed E-state index contributed by atoms with van der Waals surface area (Å²) in [6.07, 6.45) is 0.724. The molecule has 0 radical (unpaired) electrons. The SMILES string of the molecule is CCc1ccc(O[C@H](C)c2nnc(SCC(=O)Nc3cc(Br)ccc3Br)n2C)cc1. The van der Waals surface area contributed by atoms with E-state index in [1.165, 1.54) is 17.3 Å². The first-order chi connectivity index (χ1) is 14.4. The van der Waals surface area contributed by atoms with Gasteiger partial charge in [0.05, 0.1) is 11.4 Å². The smallest absolute Gasteiger partial charge is 0.234 e. The molecular formula is C21H22Br2N4O2S. The van der Waals surface area contributed by atoms with Gasteiger partial charge >= 0.3 is 0 Å². The Morgan fingerprint density at radius 2 is 1.93 bits per heavy atom. The molecule has 1 atom stereocenters. The molecule has 1 N–H and O–H groups in total. The third-order valence-electron chi connectivity index (χ3n) is 4.41. The van der Waals surface area contributed by atoms with Crippen molar-refractivity contribution >= 4 is 55.2 Å². The number of hydrogen-bond donors (Lipinski definition) is 1. The van der Waals surface area contributed by atoms with E-state index in [4.69, 9.17) is 4.74 Å².